The summed E-state index contributed by atoms with van der Waals surface area (Å²) in [5.74, 6) is 0. The highest BCUT2D eigenvalue weighted by molar-refractivity contribution is 6.19. The zero-order valence-electron chi connectivity index (χ0n) is 19.3. The molecule has 3 N–H and O–H groups in total. The van der Waals surface area contributed by atoms with Crippen LogP contribution in [0.5, 0.6) is 0 Å². The zero-order valence-corrected chi connectivity index (χ0v) is 19.3. The molecule has 5 rings (SSSR count). The van der Waals surface area contributed by atoms with Crippen LogP contribution in [0.4, 0.5) is 28.4 Å². The molecule has 0 unspecified atom stereocenters. The van der Waals surface area contributed by atoms with Gasteiger partial charge < -0.3 is 11.1 Å². The second-order valence-corrected chi connectivity index (χ2v) is 8.36. The van der Waals surface area contributed by atoms with Crippen molar-refractivity contribution in [3.8, 4) is 0 Å². The number of rotatable bonds is 6. The number of hydrogen-bond donors (Lipinski definition) is 2. The van der Waals surface area contributed by atoms with E-state index in [-0.39, 0.29) is 0 Å². The number of hydrogen-bond acceptors (Lipinski definition) is 4. The minimum Gasteiger partial charge on any atom is -0.399 e. The van der Waals surface area contributed by atoms with Crippen LogP contribution in [-0.2, 0) is 6.42 Å². The summed E-state index contributed by atoms with van der Waals surface area (Å²) in [6.45, 7) is 0. The molecule has 4 aromatic rings. The Bertz CT molecular complexity index is 1380. The standard InChI is InChI=1S/C31H26N4/c32-25-10-6-23(7-11-25)22-24-8-12-27(13-9-24)34-29-18-20-31(21-19-29)35-30-16-14-28(15-17-30)33-26-4-2-1-3-5-26/h1-21,33H,22,32H2. The van der Waals surface area contributed by atoms with Gasteiger partial charge in [0.1, 0.15) is 0 Å². The summed E-state index contributed by atoms with van der Waals surface area (Å²) in [7, 11) is 0. The van der Waals surface area contributed by atoms with E-state index in [2.05, 4.69) is 41.7 Å². The molecule has 4 aromatic carbocycles. The molecular formula is C31H26N4. The number of para-hydroxylation sites is 1. The van der Waals surface area contributed by atoms with Gasteiger partial charge in [-0.05, 0) is 103 Å². The van der Waals surface area contributed by atoms with Gasteiger partial charge in [-0.2, -0.15) is 0 Å². The Labute approximate surface area is 205 Å². The van der Waals surface area contributed by atoms with Crippen LogP contribution < -0.4 is 11.1 Å². The predicted molar refractivity (Wildman–Crippen MR) is 149 cm³/mol. The normalized spacial score (nSPS) is 12.5. The monoisotopic (exact) mass is 454 g/mol. The fraction of sp³-hybridized carbons (Fsp3) is 0.0323. The van der Waals surface area contributed by atoms with E-state index in [0.717, 1.165) is 46.3 Å². The lowest BCUT2D eigenvalue weighted by Crippen LogP contribution is -1.99. The second kappa shape index (κ2) is 10.5. The van der Waals surface area contributed by atoms with Crippen molar-refractivity contribution < 1.29 is 0 Å². The quantitative estimate of drug-likeness (QED) is 0.233. The van der Waals surface area contributed by atoms with Gasteiger partial charge in [-0.3, -0.25) is 0 Å². The lowest BCUT2D eigenvalue weighted by Gasteiger charge is -2.07. The minimum absolute atomic E-state index is 0.788. The summed E-state index contributed by atoms with van der Waals surface area (Å²) >= 11 is 0. The Morgan fingerprint density at radius 2 is 0.971 bits per heavy atom. The highest BCUT2D eigenvalue weighted by Crippen LogP contribution is 2.22. The van der Waals surface area contributed by atoms with Crippen LogP contribution in [0.15, 0.2) is 137 Å². The number of benzene rings is 4. The van der Waals surface area contributed by atoms with Crippen molar-refractivity contribution in [3.05, 3.63) is 139 Å². The van der Waals surface area contributed by atoms with Crippen molar-refractivity contribution in [2.75, 3.05) is 11.1 Å². The van der Waals surface area contributed by atoms with Crippen LogP contribution in [0.3, 0.4) is 0 Å². The van der Waals surface area contributed by atoms with Crippen LogP contribution in [-0.4, -0.2) is 11.4 Å². The molecule has 0 spiro atoms. The molecule has 0 heterocycles. The van der Waals surface area contributed by atoms with Crippen molar-refractivity contribution in [2.24, 2.45) is 9.98 Å². The van der Waals surface area contributed by atoms with E-state index in [4.69, 9.17) is 15.7 Å². The topological polar surface area (TPSA) is 62.8 Å². The first-order valence-electron chi connectivity index (χ1n) is 11.6. The highest BCUT2D eigenvalue weighted by atomic mass is 14.9. The van der Waals surface area contributed by atoms with Gasteiger partial charge in [-0.1, -0.05) is 42.5 Å². The summed E-state index contributed by atoms with van der Waals surface area (Å²) in [5.41, 5.74) is 14.8. The Morgan fingerprint density at radius 1 is 0.514 bits per heavy atom. The largest absolute Gasteiger partial charge is 0.399 e. The Kier molecular flexibility index (Phi) is 6.63. The number of nitrogen functional groups attached to an aromatic ring is 1. The van der Waals surface area contributed by atoms with E-state index in [1.54, 1.807) is 0 Å². The van der Waals surface area contributed by atoms with E-state index in [1.165, 1.54) is 11.1 Å². The minimum atomic E-state index is 0.788. The Morgan fingerprint density at radius 3 is 1.51 bits per heavy atom. The average molecular weight is 455 g/mol. The van der Waals surface area contributed by atoms with Crippen LogP contribution in [0, 0.1) is 0 Å². The molecule has 35 heavy (non-hydrogen) atoms. The number of nitrogens with one attached hydrogen (secondary N) is 1. The van der Waals surface area contributed by atoms with Gasteiger partial charge >= 0.3 is 0 Å². The van der Waals surface area contributed by atoms with E-state index in [1.807, 2.05) is 91.0 Å². The van der Waals surface area contributed by atoms with Crippen molar-refractivity contribution in [1.82, 2.24) is 0 Å². The van der Waals surface area contributed by atoms with E-state index in [0.29, 0.717) is 0 Å². The molecule has 0 aromatic heterocycles. The summed E-state index contributed by atoms with van der Waals surface area (Å²) in [6.07, 6.45) is 8.84. The maximum atomic E-state index is 5.77. The van der Waals surface area contributed by atoms with Gasteiger partial charge in [0.25, 0.3) is 0 Å². The number of nitrogens with zero attached hydrogens (tertiary/aromatic N) is 2. The predicted octanol–water partition coefficient (Wildman–Crippen LogP) is 7.57. The SMILES string of the molecule is Nc1ccc(Cc2ccc(N=C3C=CC(=Nc4ccc(Nc5ccccc5)cc4)C=C3)cc2)cc1. The molecule has 0 radical (unpaired) electrons. The van der Waals surface area contributed by atoms with Crippen molar-refractivity contribution in [2.45, 2.75) is 6.42 Å². The zero-order chi connectivity index (χ0) is 23.9. The van der Waals surface area contributed by atoms with Crippen LogP contribution in [0.25, 0.3) is 0 Å². The van der Waals surface area contributed by atoms with Gasteiger partial charge in [-0.15, -0.1) is 0 Å². The third-order valence-electron chi connectivity index (χ3n) is 5.62. The van der Waals surface area contributed by atoms with Crippen LogP contribution >= 0.6 is 0 Å². The highest BCUT2D eigenvalue weighted by Gasteiger charge is 2.02. The van der Waals surface area contributed by atoms with E-state index >= 15 is 0 Å². The lowest BCUT2D eigenvalue weighted by molar-refractivity contribution is 1.19. The third-order valence-corrected chi connectivity index (χ3v) is 5.62. The number of anilines is 3. The number of aliphatic imine (C=N–C) groups is 2. The Hall–Kier alpha value is -4.70. The van der Waals surface area contributed by atoms with E-state index < -0.39 is 0 Å². The molecule has 0 saturated heterocycles. The molecule has 0 saturated carbocycles. The van der Waals surface area contributed by atoms with Gasteiger partial charge in [-0.25, -0.2) is 9.98 Å². The Balaban J connectivity index is 1.19. The average Bonchev–Trinajstić information content (AvgIpc) is 2.89. The molecule has 4 heteroatoms. The van der Waals surface area contributed by atoms with Crippen LogP contribution in [0.1, 0.15) is 11.1 Å². The van der Waals surface area contributed by atoms with Gasteiger partial charge in [0.05, 0.1) is 22.8 Å². The molecule has 0 aliphatic heterocycles. The first-order chi connectivity index (χ1) is 17.2. The third kappa shape index (κ3) is 6.21. The smallest absolute Gasteiger partial charge is 0.0638 e. The maximum absolute atomic E-state index is 5.77. The van der Waals surface area contributed by atoms with Gasteiger partial charge in [0.2, 0.25) is 0 Å². The summed E-state index contributed by atoms with van der Waals surface area (Å²) in [5, 5.41) is 3.38. The molecule has 170 valence electrons. The van der Waals surface area contributed by atoms with Crippen molar-refractivity contribution >= 4 is 39.9 Å². The lowest BCUT2D eigenvalue weighted by atomic mass is 10.0. The number of allylic oxidation sites excluding steroid dienone is 4. The molecule has 0 fully saturated rings. The fourth-order valence-corrected chi connectivity index (χ4v) is 3.77. The van der Waals surface area contributed by atoms with Gasteiger partial charge in [0.15, 0.2) is 0 Å². The molecule has 0 atom stereocenters. The van der Waals surface area contributed by atoms with Crippen molar-refractivity contribution in [3.63, 3.8) is 0 Å². The molecule has 1 aliphatic carbocycles. The molecule has 1 aliphatic rings. The fourth-order valence-electron chi connectivity index (χ4n) is 3.77. The maximum Gasteiger partial charge on any atom is 0.0638 e. The molecular weight excluding hydrogens is 428 g/mol. The summed E-state index contributed by atoms with van der Waals surface area (Å²) in [6, 6.07) is 34.6. The van der Waals surface area contributed by atoms with Gasteiger partial charge in [0, 0.05) is 17.1 Å². The second-order valence-electron chi connectivity index (χ2n) is 8.36. The first-order valence-corrected chi connectivity index (χ1v) is 11.6. The molecule has 4 nitrogen and oxygen atoms in total. The molecule has 0 bridgehead atoms. The summed E-state index contributed by atoms with van der Waals surface area (Å²) in [4.78, 5) is 9.45. The first kappa shape index (κ1) is 22.1. The van der Waals surface area contributed by atoms with E-state index in [9.17, 15) is 0 Å². The summed E-state index contributed by atoms with van der Waals surface area (Å²) < 4.78 is 0. The van der Waals surface area contributed by atoms with Crippen molar-refractivity contribution in [1.29, 1.82) is 0 Å². The van der Waals surface area contributed by atoms with Crippen LogP contribution in [0.2, 0.25) is 0 Å². The number of nitrogens with two attached hydrogens (primary N) is 1. The molecule has 0 amide bonds.